The second-order valence-electron chi connectivity index (χ2n) is 13.9. The summed E-state index contributed by atoms with van der Waals surface area (Å²) in [5.41, 5.74) is 5.98. The van der Waals surface area contributed by atoms with Crippen LogP contribution in [0.15, 0.2) is 108 Å². The van der Waals surface area contributed by atoms with Crippen LogP contribution in [0.3, 0.4) is 0 Å². The molecule has 0 unspecified atom stereocenters. The Kier molecular flexibility index (Phi) is 12.0. The van der Waals surface area contributed by atoms with Crippen LogP contribution in [0.1, 0.15) is 44.0 Å². The Balaban J connectivity index is 1.03. The number of nitrogens with one attached hydrogen (secondary N) is 3. The molecule has 0 spiro atoms. The van der Waals surface area contributed by atoms with E-state index >= 15 is 0 Å². The quantitative estimate of drug-likeness (QED) is 0.0890. The number of thiazole rings is 1. The normalized spacial score (nSPS) is 13.2. The van der Waals surface area contributed by atoms with Crippen LogP contribution in [-0.2, 0) is 29.4 Å². The average molecular weight is 807 g/mol. The number of aromatic nitrogens is 3. The van der Waals surface area contributed by atoms with Gasteiger partial charge in [0.15, 0.2) is 5.13 Å². The first-order valence-electron chi connectivity index (χ1n) is 18.3. The number of para-hydroxylation sites is 1. The summed E-state index contributed by atoms with van der Waals surface area (Å²) in [5.74, 6) is 0.0473. The molecule has 0 bridgehead atoms. The van der Waals surface area contributed by atoms with E-state index in [2.05, 4.69) is 35.4 Å². The maximum Gasteiger partial charge on any atom is 0.283 e. The summed E-state index contributed by atoms with van der Waals surface area (Å²) in [4.78, 5) is 44.8. The first kappa shape index (κ1) is 39.3. The Morgan fingerprint density at radius 3 is 2.58 bits per heavy atom. The molecule has 0 saturated heterocycles. The fourth-order valence-electron chi connectivity index (χ4n) is 6.67. The lowest BCUT2D eigenvalue weighted by Crippen LogP contribution is -2.34. The largest absolute Gasteiger partial charge is 0.493 e. The lowest BCUT2D eigenvalue weighted by Gasteiger charge is -2.31. The molecule has 4 N–H and O–H groups in total. The van der Waals surface area contributed by atoms with Gasteiger partial charge in [0, 0.05) is 24.8 Å². The summed E-state index contributed by atoms with van der Waals surface area (Å²) in [7, 11) is -0.386. The molecule has 0 radical (unpaired) electrons. The summed E-state index contributed by atoms with van der Waals surface area (Å²) in [5, 5.41) is 13.4. The Hall–Kier alpha value is -5.94. The van der Waals surface area contributed by atoms with Crippen LogP contribution in [0.5, 0.6) is 5.75 Å². The van der Waals surface area contributed by atoms with Crippen molar-refractivity contribution in [1.82, 2.24) is 24.6 Å². The van der Waals surface area contributed by atoms with Gasteiger partial charge in [0.05, 0.1) is 17.2 Å². The number of sulfonamides is 1. The van der Waals surface area contributed by atoms with E-state index in [1.54, 1.807) is 36.5 Å². The third-order valence-corrected chi connectivity index (χ3v) is 11.9. The van der Waals surface area contributed by atoms with E-state index in [1.165, 1.54) is 29.5 Å². The molecule has 14 nitrogen and oxygen atoms in total. The number of nitrogens with zero attached hydrogens (tertiary/aromatic N) is 5. The van der Waals surface area contributed by atoms with Gasteiger partial charge in [0.1, 0.15) is 27.6 Å². The van der Waals surface area contributed by atoms with Crippen LogP contribution in [0.25, 0.3) is 10.3 Å². The minimum absolute atomic E-state index is 0.0552. The van der Waals surface area contributed by atoms with Gasteiger partial charge in [-0.1, -0.05) is 53.8 Å². The predicted molar refractivity (Wildman–Crippen MR) is 220 cm³/mol. The zero-order valence-corrected chi connectivity index (χ0v) is 33.0. The van der Waals surface area contributed by atoms with Crippen LogP contribution in [-0.4, -0.2) is 79.1 Å². The summed E-state index contributed by atoms with van der Waals surface area (Å²) in [6, 6.07) is 27.9. The summed E-state index contributed by atoms with van der Waals surface area (Å²) < 4.78 is 35.2. The highest BCUT2D eigenvalue weighted by molar-refractivity contribution is 7.90. The van der Waals surface area contributed by atoms with E-state index < -0.39 is 15.9 Å². The molecule has 16 heteroatoms. The Bertz CT molecular complexity index is 2460. The summed E-state index contributed by atoms with van der Waals surface area (Å²) >= 11 is 1.29. The van der Waals surface area contributed by atoms with E-state index in [1.807, 2.05) is 67.5 Å². The van der Waals surface area contributed by atoms with Crippen molar-refractivity contribution in [2.24, 2.45) is 5.92 Å². The summed E-state index contributed by atoms with van der Waals surface area (Å²) in [6.45, 7) is 2.14. The standard InChI is InChI=1S/C41H42N8O6S2/c1-48(2)21-18-27(26-55-30-10-4-3-5-11-30)23-29-16-17-31(24-36(29)46-52)57(53,54)47-39(51)34-13-7-15-37(43-34)49-22-19-28-9-6-12-32(33(28)25-49)38(50)45-41-44-35-14-8-20-42-40(35)56-41/h3-17,20,24,27,46,52H,18-19,21-23,25-26H2,1-2H3,(H,47,51)(H,44,45,50)/t27-/m0/s1. The lowest BCUT2D eigenvalue weighted by molar-refractivity contribution is 0.0975. The minimum atomic E-state index is -4.37. The number of carbonyl (C=O) groups is 2. The first-order chi connectivity index (χ1) is 27.6. The second kappa shape index (κ2) is 17.5. The van der Waals surface area contributed by atoms with Gasteiger partial charge in [0.2, 0.25) is 0 Å². The van der Waals surface area contributed by atoms with E-state index in [-0.39, 0.29) is 28.1 Å². The lowest BCUT2D eigenvalue weighted by atomic mass is 9.94. The Morgan fingerprint density at radius 1 is 0.965 bits per heavy atom. The fourth-order valence-corrected chi connectivity index (χ4v) is 8.46. The molecule has 6 aromatic rings. The van der Waals surface area contributed by atoms with E-state index in [0.717, 1.165) is 34.7 Å². The number of rotatable bonds is 15. The number of carbonyl (C=O) groups excluding carboxylic acids is 2. The van der Waals surface area contributed by atoms with Gasteiger partial charge in [-0.15, -0.1) is 0 Å². The first-order valence-corrected chi connectivity index (χ1v) is 20.6. The van der Waals surface area contributed by atoms with Crippen LogP contribution in [0.2, 0.25) is 0 Å². The minimum Gasteiger partial charge on any atom is -0.493 e. The predicted octanol–water partition coefficient (Wildman–Crippen LogP) is 6.01. The Labute approximate surface area is 334 Å². The van der Waals surface area contributed by atoms with Crippen molar-refractivity contribution in [3.63, 3.8) is 0 Å². The molecule has 0 fully saturated rings. The average Bonchev–Trinajstić information content (AvgIpc) is 3.64. The SMILES string of the molecule is CN(C)CC[C@H](COc1ccccc1)Cc1ccc(S(=O)(=O)NC(=O)c2cccc(N3CCc4cccc(C(=O)Nc5nc6cccnc6s5)c4C3)n2)cc1NO. The molecular weight excluding hydrogens is 765 g/mol. The van der Waals surface area contributed by atoms with Gasteiger partial charge < -0.3 is 14.5 Å². The smallest absolute Gasteiger partial charge is 0.283 e. The topological polar surface area (TPSA) is 179 Å². The van der Waals surface area contributed by atoms with Gasteiger partial charge in [-0.25, -0.2) is 28.1 Å². The molecule has 3 aromatic carbocycles. The molecule has 1 aliphatic rings. The van der Waals surface area contributed by atoms with Crippen molar-refractivity contribution in [2.45, 2.75) is 30.7 Å². The third kappa shape index (κ3) is 9.55. The number of anilines is 3. The van der Waals surface area contributed by atoms with Crippen molar-refractivity contribution < 1.29 is 28.0 Å². The number of hydrogen-bond acceptors (Lipinski definition) is 13. The molecule has 0 saturated carbocycles. The van der Waals surface area contributed by atoms with Crippen LogP contribution < -0.4 is 25.2 Å². The molecule has 2 amide bonds. The highest BCUT2D eigenvalue weighted by Crippen LogP contribution is 2.29. The van der Waals surface area contributed by atoms with Crippen molar-refractivity contribution >= 4 is 60.2 Å². The zero-order chi connectivity index (χ0) is 39.9. The molecule has 1 aliphatic heterocycles. The van der Waals surface area contributed by atoms with E-state index in [0.29, 0.717) is 60.1 Å². The number of pyridine rings is 2. The molecule has 57 heavy (non-hydrogen) atoms. The maximum atomic E-state index is 13.5. The van der Waals surface area contributed by atoms with Crippen molar-refractivity contribution in [1.29, 1.82) is 0 Å². The van der Waals surface area contributed by atoms with Crippen LogP contribution in [0.4, 0.5) is 16.6 Å². The van der Waals surface area contributed by atoms with E-state index in [9.17, 15) is 23.2 Å². The van der Waals surface area contributed by atoms with Crippen LogP contribution in [0, 0.1) is 5.92 Å². The van der Waals surface area contributed by atoms with Crippen molar-refractivity contribution in [2.75, 3.05) is 49.5 Å². The Morgan fingerprint density at radius 2 is 1.79 bits per heavy atom. The van der Waals surface area contributed by atoms with Gasteiger partial charge in [0.25, 0.3) is 21.8 Å². The number of hydrogen-bond donors (Lipinski definition) is 4. The van der Waals surface area contributed by atoms with Gasteiger partial charge in [-0.05, 0) is 117 Å². The number of ether oxygens (including phenoxy) is 1. The number of fused-ring (bicyclic) bond motifs is 2. The van der Waals surface area contributed by atoms with Crippen LogP contribution >= 0.6 is 11.3 Å². The molecule has 7 rings (SSSR count). The number of benzene rings is 3. The number of amides is 2. The molecule has 294 valence electrons. The maximum absolute atomic E-state index is 13.5. The fraction of sp³-hybridized carbons (Fsp3) is 0.244. The molecule has 0 aliphatic carbocycles. The van der Waals surface area contributed by atoms with Crippen molar-refractivity contribution in [3.8, 4) is 5.75 Å². The molecule has 4 heterocycles. The highest BCUT2D eigenvalue weighted by Gasteiger charge is 2.26. The molecule has 3 aromatic heterocycles. The van der Waals surface area contributed by atoms with Gasteiger partial charge in [-0.2, -0.15) is 0 Å². The monoisotopic (exact) mass is 806 g/mol. The zero-order valence-electron chi connectivity index (χ0n) is 31.4. The molecule has 1 atom stereocenters. The highest BCUT2D eigenvalue weighted by atomic mass is 32.2. The van der Waals surface area contributed by atoms with Gasteiger partial charge >= 0.3 is 0 Å². The summed E-state index contributed by atoms with van der Waals surface area (Å²) in [6.07, 6.45) is 3.61. The van der Waals surface area contributed by atoms with E-state index in [4.69, 9.17) is 4.74 Å². The molecular formula is C41H42N8O6S2. The second-order valence-corrected chi connectivity index (χ2v) is 16.6. The van der Waals surface area contributed by atoms with Gasteiger partial charge in [-0.3, -0.25) is 25.6 Å². The van der Waals surface area contributed by atoms with Crippen molar-refractivity contribution in [3.05, 3.63) is 131 Å². The third-order valence-electron chi connectivity index (χ3n) is 9.66.